The molecule has 0 spiro atoms. The smallest absolute Gasteiger partial charge is 0.319 e. The van der Waals surface area contributed by atoms with Gasteiger partial charge in [0.1, 0.15) is 0 Å². The van der Waals surface area contributed by atoms with Gasteiger partial charge >= 0.3 is 6.03 Å². The van der Waals surface area contributed by atoms with Crippen molar-refractivity contribution < 1.29 is 4.79 Å². The van der Waals surface area contributed by atoms with Crippen molar-refractivity contribution in [1.29, 1.82) is 0 Å². The number of para-hydroxylation sites is 1. The highest BCUT2D eigenvalue weighted by Crippen LogP contribution is 2.43. The van der Waals surface area contributed by atoms with E-state index in [-0.39, 0.29) is 11.4 Å². The molecule has 0 radical (unpaired) electrons. The standard InChI is InChI=1S/C18H19ClN2O/c19-15-9-7-14(8-10-15)18(11-4-12-18)13-20-17(22)21-16-5-2-1-3-6-16/h1-3,5-10H,4,11-13H2,(H2,20,21,22). The Morgan fingerprint density at radius 2 is 1.73 bits per heavy atom. The Kier molecular flexibility index (Phi) is 4.34. The molecule has 3 nitrogen and oxygen atoms in total. The SMILES string of the molecule is O=C(NCC1(c2ccc(Cl)cc2)CCC1)Nc1ccccc1. The zero-order chi connectivity index (χ0) is 15.4. The molecule has 0 aliphatic heterocycles. The van der Waals surface area contributed by atoms with Gasteiger partial charge in [-0.15, -0.1) is 0 Å². The van der Waals surface area contributed by atoms with Gasteiger partial charge in [-0.05, 0) is 42.7 Å². The Morgan fingerprint density at radius 3 is 2.32 bits per heavy atom. The van der Waals surface area contributed by atoms with Crippen molar-refractivity contribution in [2.24, 2.45) is 0 Å². The summed E-state index contributed by atoms with van der Waals surface area (Å²) in [4.78, 5) is 12.0. The molecule has 0 atom stereocenters. The van der Waals surface area contributed by atoms with E-state index in [2.05, 4.69) is 22.8 Å². The maximum atomic E-state index is 12.0. The second kappa shape index (κ2) is 6.41. The van der Waals surface area contributed by atoms with Gasteiger partial charge in [0.25, 0.3) is 0 Å². The van der Waals surface area contributed by atoms with E-state index in [1.165, 1.54) is 12.0 Å². The molecule has 2 amide bonds. The van der Waals surface area contributed by atoms with Crippen LogP contribution >= 0.6 is 11.6 Å². The van der Waals surface area contributed by atoms with Crippen LogP contribution in [0.5, 0.6) is 0 Å². The van der Waals surface area contributed by atoms with Gasteiger partial charge in [0.15, 0.2) is 0 Å². The second-order valence-electron chi connectivity index (χ2n) is 5.81. The van der Waals surface area contributed by atoms with E-state index in [1.54, 1.807) is 0 Å². The van der Waals surface area contributed by atoms with Crippen LogP contribution < -0.4 is 10.6 Å². The topological polar surface area (TPSA) is 41.1 Å². The molecule has 1 saturated carbocycles. The number of carbonyl (C=O) groups excluding carboxylic acids is 1. The van der Waals surface area contributed by atoms with Gasteiger partial charge in [0.2, 0.25) is 0 Å². The lowest BCUT2D eigenvalue weighted by atomic mass is 9.64. The second-order valence-corrected chi connectivity index (χ2v) is 6.25. The van der Waals surface area contributed by atoms with E-state index in [4.69, 9.17) is 11.6 Å². The first-order chi connectivity index (χ1) is 10.7. The quantitative estimate of drug-likeness (QED) is 0.852. The molecule has 2 aromatic carbocycles. The highest BCUT2D eigenvalue weighted by atomic mass is 35.5. The molecule has 22 heavy (non-hydrogen) atoms. The summed E-state index contributed by atoms with van der Waals surface area (Å²) in [6.07, 6.45) is 3.39. The molecule has 2 aromatic rings. The average Bonchev–Trinajstić information content (AvgIpc) is 2.49. The van der Waals surface area contributed by atoms with Crippen LogP contribution in [-0.2, 0) is 5.41 Å². The zero-order valence-corrected chi connectivity index (χ0v) is 13.1. The van der Waals surface area contributed by atoms with Crippen LogP contribution in [0.3, 0.4) is 0 Å². The number of urea groups is 1. The number of hydrogen-bond donors (Lipinski definition) is 2. The van der Waals surface area contributed by atoms with Crippen LogP contribution in [0.15, 0.2) is 54.6 Å². The summed E-state index contributed by atoms with van der Waals surface area (Å²) in [5.74, 6) is 0. The van der Waals surface area contributed by atoms with E-state index in [0.717, 1.165) is 23.6 Å². The first-order valence-corrected chi connectivity index (χ1v) is 7.92. The molecule has 1 aliphatic rings. The van der Waals surface area contributed by atoms with Crippen LogP contribution in [0, 0.1) is 0 Å². The molecule has 0 heterocycles. The van der Waals surface area contributed by atoms with Gasteiger partial charge in [-0.25, -0.2) is 4.79 Å². The fourth-order valence-corrected chi connectivity index (χ4v) is 3.05. The van der Waals surface area contributed by atoms with Gasteiger partial charge in [-0.1, -0.05) is 48.4 Å². The number of nitrogens with one attached hydrogen (secondary N) is 2. The molecular weight excluding hydrogens is 296 g/mol. The Bertz CT molecular complexity index is 636. The van der Waals surface area contributed by atoms with E-state index >= 15 is 0 Å². The normalized spacial score (nSPS) is 15.7. The summed E-state index contributed by atoms with van der Waals surface area (Å²) in [6, 6.07) is 17.3. The molecule has 4 heteroatoms. The predicted molar refractivity (Wildman–Crippen MR) is 90.4 cm³/mol. The van der Waals surface area contributed by atoms with Crippen LogP contribution in [0.1, 0.15) is 24.8 Å². The van der Waals surface area contributed by atoms with Crippen molar-refractivity contribution in [2.75, 3.05) is 11.9 Å². The van der Waals surface area contributed by atoms with Crippen LogP contribution in [0.2, 0.25) is 5.02 Å². The van der Waals surface area contributed by atoms with Gasteiger partial charge in [0, 0.05) is 22.7 Å². The minimum absolute atomic E-state index is 0.0542. The van der Waals surface area contributed by atoms with Crippen LogP contribution in [0.4, 0.5) is 10.5 Å². The number of rotatable bonds is 4. The van der Waals surface area contributed by atoms with Gasteiger partial charge < -0.3 is 10.6 Å². The van der Waals surface area contributed by atoms with E-state index in [9.17, 15) is 4.79 Å². The van der Waals surface area contributed by atoms with E-state index in [0.29, 0.717) is 6.54 Å². The maximum absolute atomic E-state index is 12.0. The number of hydrogen-bond acceptors (Lipinski definition) is 1. The highest BCUT2D eigenvalue weighted by Gasteiger charge is 2.38. The molecular formula is C18H19ClN2O. The van der Waals surface area contributed by atoms with Crippen LogP contribution in [-0.4, -0.2) is 12.6 Å². The summed E-state index contributed by atoms with van der Waals surface area (Å²) in [7, 11) is 0. The Hall–Kier alpha value is -2.00. The lowest BCUT2D eigenvalue weighted by Crippen LogP contribution is -2.46. The van der Waals surface area contributed by atoms with E-state index in [1.807, 2.05) is 42.5 Å². The van der Waals surface area contributed by atoms with Crippen molar-refractivity contribution >= 4 is 23.3 Å². The van der Waals surface area contributed by atoms with E-state index < -0.39 is 0 Å². The summed E-state index contributed by atoms with van der Waals surface area (Å²) in [5.41, 5.74) is 2.11. The largest absolute Gasteiger partial charge is 0.337 e. The van der Waals surface area contributed by atoms with Crippen molar-refractivity contribution in [1.82, 2.24) is 5.32 Å². The third-order valence-electron chi connectivity index (χ3n) is 4.39. The molecule has 0 saturated heterocycles. The van der Waals surface area contributed by atoms with Crippen molar-refractivity contribution in [3.05, 3.63) is 65.2 Å². The number of benzene rings is 2. The number of carbonyl (C=O) groups is 1. The molecule has 1 aliphatic carbocycles. The number of amides is 2. The maximum Gasteiger partial charge on any atom is 0.319 e. The first kappa shape index (κ1) is 14.9. The minimum Gasteiger partial charge on any atom is -0.337 e. The number of halogens is 1. The monoisotopic (exact) mass is 314 g/mol. The van der Waals surface area contributed by atoms with Crippen molar-refractivity contribution in [3.63, 3.8) is 0 Å². The Balaban J connectivity index is 1.61. The summed E-state index contributed by atoms with van der Waals surface area (Å²) in [6.45, 7) is 0.646. The van der Waals surface area contributed by atoms with Crippen molar-refractivity contribution in [2.45, 2.75) is 24.7 Å². The Labute approximate surface area is 135 Å². The summed E-state index contributed by atoms with van der Waals surface area (Å²) >= 11 is 5.96. The first-order valence-electron chi connectivity index (χ1n) is 7.54. The third kappa shape index (κ3) is 3.25. The third-order valence-corrected chi connectivity index (χ3v) is 4.64. The number of anilines is 1. The molecule has 114 valence electrons. The summed E-state index contributed by atoms with van der Waals surface area (Å²) in [5, 5.41) is 6.60. The molecule has 3 rings (SSSR count). The average molecular weight is 315 g/mol. The minimum atomic E-state index is -0.161. The molecule has 2 N–H and O–H groups in total. The van der Waals surface area contributed by atoms with Gasteiger partial charge in [-0.2, -0.15) is 0 Å². The fourth-order valence-electron chi connectivity index (χ4n) is 2.92. The van der Waals surface area contributed by atoms with Crippen LogP contribution in [0.25, 0.3) is 0 Å². The summed E-state index contributed by atoms with van der Waals surface area (Å²) < 4.78 is 0. The molecule has 0 aromatic heterocycles. The zero-order valence-electron chi connectivity index (χ0n) is 12.3. The molecule has 0 bridgehead atoms. The van der Waals surface area contributed by atoms with Gasteiger partial charge in [-0.3, -0.25) is 0 Å². The Morgan fingerprint density at radius 1 is 1.05 bits per heavy atom. The highest BCUT2D eigenvalue weighted by molar-refractivity contribution is 6.30. The lowest BCUT2D eigenvalue weighted by Gasteiger charge is -2.42. The lowest BCUT2D eigenvalue weighted by molar-refractivity contribution is 0.222. The van der Waals surface area contributed by atoms with Crippen molar-refractivity contribution in [3.8, 4) is 0 Å². The predicted octanol–water partition coefficient (Wildman–Crippen LogP) is 4.58. The molecule has 0 unspecified atom stereocenters. The molecule has 1 fully saturated rings. The van der Waals surface area contributed by atoms with Gasteiger partial charge in [0.05, 0.1) is 0 Å². The fraction of sp³-hybridized carbons (Fsp3) is 0.278.